The summed E-state index contributed by atoms with van der Waals surface area (Å²) in [4.78, 5) is 7.86. The average molecular weight is 264 g/mol. The van der Waals surface area contributed by atoms with Crippen molar-refractivity contribution in [3.8, 4) is 0 Å². The van der Waals surface area contributed by atoms with Crippen LogP contribution in [-0.4, -0.2) is 36.4 Å². The molecule has 0 saturated carbocycles. The molecule has 5 nitrogen and oxygen atoms in total. The van der Waals surface area contributed by atoms with Gasteiger partial charge in [-0.3, -0.25) is 0 Å². The van der Waals surface area contributed by atoms with E-state index in [1.165, 1.54) is 6.26 Å². The number of aryl methyl sites for hydroxylation is 1. The normalized spacial score (nSPS) is 13.5. The Morgan fingerprint density at radius 3 is 2.62 bits per heavy atom. The Kier molecular flexibility index (Phi) is 4.09. The molecule has 0 aromatic carbocycles. The van der Waals surface area contributed by atoms with Crippen molar-refractivity contribution in [2.24, 2.45) is 0 Å². The van der Waals surface area contributed by atoms with Crippen molar-refractivity contribution < 1.29 is 8.42 Å². The Morgan fingerprint density at radius 1 is 1.50 bits per heavy atom. The number of hydrogen-bond acceptors (Lipinski definition) is 5. The van der Waals surface area contributed by atoms with Gasteiger partial charge in [-0.25, -0.2) is 18.4 Å². The maximum Gasteiger partial charge on any atom is 0.224 e. The third-order valence-corrected chi connectivity index (χ3v) is 3.05. The lowest BCUT2D eigenvalue weighted by molar-refractivity contribution is 0.598. The molecule has 0 radical (unpaired) electrons. The Morgan fingerprint density at radius 2 is 2.12 bits per heavy atom. The maximum absolute atomic E-state index is 11.1. The Labute approximate surface area is 100 Å². The van der Waals surface area contributed by atoms with Crippen LogP contribution in [0, 0.1) is 6.92 Å². The van der Waals surface area contributed by atoms with Crippen LogP contribution in [0.2, 0.25) is 5.28 Å². The van der Waals surface area contributed by atoms with Crippen LogP contribution in [0.15, 0.2) is 6.07 Å². The molecule has 0 saturated heterocycles. The highest BCUT2D eigenvalue weighted by molar-refractivity contribution is 7.90. The number of halogens is 1. The lowest BCUT2D eigenvalue weighted by Crippen LogP contribution is -2.25. The van der Waals surface area contributed by atoms with Gasteiger partial charge in [0.2, 0.25) is 5.28 Å². The first kappa shape index (κ1) is 13.2. The molecule has 7 heteroatoms. The van der Waals surface area contributed by atoms with Gasteiger partial charge in [0.05, 0.1) is 5.75 Å². The van der Waals surface area contributed by atoms with Crippen molar-refractivity contribution in [1.29, 1.82) is 0 Å². The smallest absolute Gasteiger partial charge is 0.224 e. The number of anilines is 1. The molecular weight excluding hydrogens is 250 g/mol. The quantitative estimate of drug-likeness (QED) is 0.829. The second kappa shape index (κ2) is 4.97. The Bertz CT molecular complexity index is 455. The molecule has 0 amide bonds. The molecule has 1 atom stereocenters. The van der Waals surface area contributed by atoms with Crippen LogP contribution in [0.5, 0.6) is 0 Å². The Hall–Kier alpha value is -0.880. The van der Waals surface area contributed by atoms with E-state index in [1.54, 1.807) is 19.9 Å². The summed E-state index contributed by atoms with van der Waals surface area (Å²) in [5.41, 5.74) is 0.731. The average Bonchev–Trinajstić information content (AvgIpc) is 1.96. The van der Waals surface area contributed by atoms with Gasteiger partial charge in [-0.15, -0.1) is 0 Å². The number of sulfone groups is 1. The van der Waals surface area contributed by atoms with Crippen LogP contribution in [0.3, 0.4) is 0 Å². The summed E-state index contributed by atoms with van der Waals surface area (Å²) in [6.45, 7) is 3.56. The zero-order valence-corrected chi connectivity index (χ0v) is 10.9. The van der Waals surface area contributed by atoms with Gasteiger partial charge < -0.3 is 5.32 Å². The lowest BCUT2D eigenvalue weighted by atomic mass is 10.3. The van der Waals surface area contributed by atoms with E-state index >= 15 is 0 Å². The van der Waals surface area contributed by atoms with Gasteiger partial charge in [0.15, 0.2) is 0 Å². The molecule has 1 rings (SSSR count). The van der Waals surface area contributed by atoms with Gasteiger partial charge in [-0.2, -0.15) is 0 Å². The summed E-state index contributed by atoms with van der Waals surface area (Å²) in [6, 6.07) is 1.49. The third kappa shape index (κ3) is 4.76. The van der Waals surface area contributed by atoms with Crippen LogP contribution >= 0.6 is 11.6 Å². The summed E-state index contributed by atoms with van der Waals surface area (Å²) >= 11 is 5.69. The number of nitrogens with zero attached hydrogens (tertiary/aromatic N) is 2. The maximum atomic E-state index is 11.1. The zero-order valence-electron chi connectivity index (χ0n) is 9.36. The van der Waals surface area contributed by atoms with Crippen molar-refractivity contribution >= 4 is 27.3 Å². The van der Waals surface area contributed by atoms with E-state index in [2.05, 4.69) is 15.3 Å². The molecule has 0 bridgehead atoms. The first-order valence-corrected chi connectivity index (χ1v) is 7.15. The van der Waals surface area contributed by atoms with Crippen molar-refractivity contribution in [2.75, 3.05) is 17.3 Å². The van der Waals surface area contributed by atoms with Crippen molar-refractivity contribution in [3.63, 3.8) is 0 Å². The molecule has 1 N–H and O–H groups in total. The first-order chi connectivity index (χ1) is 7.26. The van der Waals surface area contributed by atoms with E-state index in [9.17, 15) is 8.42 Å². The summed E-state index contributed by atoms with van der Waals surface area (Å²) in [6.07, 6.45) is 1.20. The zero-order chi connectivity index (χ0) is 12.3. The highest BCUT2D eigenvalue weighted by Crippen LogP contribution is 2.11. The monoisotopic (exact) mass is 263 g/mol. The van der Waals surface area contributed by atoms with Gasteiger partial charge in [-0.1, -0.05) is 0 Å². The van der Waals surface area contributed by atoms with Gasteiger partial charge >= 0.3 is 0 Å². The minimum Gasteiger partial charge on any atom is -0.366 e. The molecule has 1 heterocycles. The van der Waals surface area contributed by atoms with E-state index in [1.807, 2.05) is 0 Å². The number of aromatic nitrogens is 2. The molecular formula is C9H14ClN3O2S. The molecule has 16 heavy (non-hydrogen) atoms. The topological polar surface area (TPSA) is 72.0 Å². The van der Waals surface area contributed by atoms with Crippen molar-refractivity contribution in [3.05, 3.63) is 17.0 Å². The van der Waals surface area contributed by atoms with Gasteiger partial charge in [0.1, 0.15) is 15.7 Å². The van der Waals surface area contributed by atoms with Crippen LogP contribution in [0.1, 0.15) is 12.6 Å². The van der Waals surface area contributed by atoms with Crippen LogP contribution in [0.4, 0.5) is 5.82 Å². The molecule has 1 unspecified atom stereocenters. The lowest BCUT2D eigenvalue weighted by Gasteiger charge is -2.13. The number of hydrogen-bond donors (Lipinski definition) is 1. The predicted molar refractivity (Wildman–Crippen MR) is 64.6 cm³/mol. The van der Waals surface area contributed by atoms with Gasteiger partial charge in [-0.05, 0) is 25.4 Å². The first-order valence-electron chi connectivity index (χ1n) is 4.72. The van der Waals surface area contributed by atoms with Crippen molar-refractivity contribution in [2.45, 2.75) is 19.9 Å². The fourth-order valence-electron chi connectivity index (χ4n) is 1.35. The molecule has 0 aliphatic carbocycles. The second-order valence-corrected chi connectivity index (χ2v) is 6.32. The molecule has 0 aliphatic heterocycles. The second-order valence-electron chi connectivity index (χ2n) is 3.80. The number of rotatable bonds is 4. The predicted octanol–water partition coefficient (Wildman–Crippen LogP) is 1.28. The highest BCUT2D eigenvalue weighted by Gasteiger charge is 2.11. The molecule has 0 spiro atoms. The van der Waals surface area contributed by atoms with Crippen LogP contribution < -0.4 is 5.32 Å². The molecule has 0 aliphatic rings. The molecule has 1 aromatic rings. The van der Waals surface area contributed by atoms with Crippen molar-refractivity contribution in [1.82, 2.24) is 9.97 Å². The van der Waals surface area contributed by atoms with Crippen LogP contribution in [-0.2, 0) is 9.84 Å². The fourth-order valence-corrected chi connectivity index (χ4v) is 2.57. The van der Waals surface area contributed by atoms with Gasteiger partial charge in [0, 0.05) is 24.1 Å². The third-order valence-electron chi connectivity index (χ3n) is 1.77. The summed E-state index contributed by atoms with van der Waals surface area (Å²) in [7, 11) is -3.00. The minimum atomic E-state index is -3.00. The molecule has 0 fully saturated rings. The van der Waals surface area contributed by atoms with E-state index in [0.29, 0.717) is 5.82 Å². The summed E-state index contributed by atoms with van der Waals surface area (Å²) < 4.78 is 22.1. The van der Waals surface area contributed by atoms with E-state index < -0.39 is 9.84 Å². The summed E-state index contributed by atoms with van der Waals surface area (Å²) in [5.74, 6) is 0.585. The van der Waals surface area contributed by atoms with Crippen LogP contribution in [0.25, 0.3) is 0 Å². The SMILES string of the molecule is Cc1cc(NC(C)CS(C)(=O)=O)nc(Cl)n1. The van der Waals surface area contributed by atoms with E-state index in [4.69, 9.17) is 11.6 Å². The molecule has 90 valence electrons. The van der Waals surface area contributed by atoms with E-state index in [0.717, 1.165) is 5.69 Å². The summed E-state index contributed by atoms with van der Waals surface area (Å²) in [5, 5.41) is 3.11. The van der Waals surface area contributed by atoms with E-state index in [-0.39, 0.29) is 17.1 Å². The Balaban J connectivity index is 2.73. The highest BCUT2D eigenvalue weighted by atomic mass is 35.5. The number of nitrogens with one attached hydrogen (secondary N) is 1. The van der Waals surface area contributed by atoms with Gasteiger partial charge in [0.25, 0.3) is 0 Å². The standard InChI is InChI=1S/C9H14ClN3O2S/c1-6-4-8(13-9(10)12-6)11-7(2)5-16(3,14)15/h4,7H,5H2,1-3H3,(H,11,12,13). The molecule has 1 aromatic heterocycles. The minimum absolute atomic E-state index is 0.0493. The fraction of sp³-hybridized carbons (Fsp3) is 0.556. The largest absolute Gasteiger partial charge is 0.366 e.